The average Bonchev–Trinajstić information content (AvgIpc) is 3.11. The topological polar surface area (TPSA) is 73.3 Å². The second-order valence-corrected chi connectivity index (χ2v) is 6.95. The number of hydrogen-bond acceptors (Lipinski definition) is 2. The number of hydrogen-bond donors (Lipinski definition) is 3. The summed E-state index contributed by atoms with van der Waals surface area (Å²) in [5.41, 5.74) is 9.98. The van der Waals surface area contributed by atoms with Crippen molar-refractivity contribution < 1.29 is 5.11 Å². The summed E-state index contributed by atoms with van der Waals surface area (Å²) in [5.74, 6) is 0.00381. The maximum absolute atomic E-state index is 10.7. The number of phenols is 1. The van der Waals surface area contributed by atoms with Crippen LogP contribution in [0.4, 0.5) is 11.4 Å². The van der Waals surface area contributed by atoms with Crippen LogP contribution < -0.4 is 10.6 Å². The van der Waals surface area contributed by atoms with E-state index in [2.05, 4.69) is 24.3 Å². The number of nitrogens with two attached hydrogens (primary N) is 1. The molecule has 0 saturated heterocycles. The second-order valence-electron chi connectivity index (χ2n) is 6.95. The SMILES string of the molecule is N=C(N)N(c1ccc2cccc3c2c1CC3)c1c(O)ccc2ccccc12. The normalized spacial score (nSPS) is 12.6. The van der Waals surface area contributed by atoms with Crippen LogP contribution in [0.2, 0.25) is 0 Å². The minimum atomic E-state index is -0.110. The van der Waals surface area contributed by atoms with Gasteiger partial charge in [-0.1, -0.05) is 54.6 Å². The van der Waals surface area contributed by atoms with Crippen molar-refractivity contribution in [1.82, 2.24) is 0 Å². The van der Waals surface area contributed by atoms with Crippen molar-refractivity contribution in [2.45, 2.75) is 12.8 Å². The predicted molar refractivity (Wildman–Crippen MR) is 111 cm³/mol. The van der Waals surface area contributed by atoms with Gasteiger partial charge in [-0.2, -0.15) is 0 Å². The molecule has 0 atom stereocenters. The molecule has 0 amide bonds. The lowest BCUT2D eigenvalue weighted by Gasteiger charge is -2.27. The molecule has 1 aliphatic carbocycles. The molecular formula is C23H19N3O. The number of phenolic OH excluding ortho intramolecular Hbond substituents is 1. The molecule has 4 aromatic rings. The van der Waals surface area contributed by atoms with Crippen LogP contribution in [0.25, 0.3) is 21.5 Å². The fourth-order valence-electron chi connectivity index (χ4n) is 4.30. The summed E-state index contributed by atoms with van der Waals surface area (Å²) in [4.78, 5) is 1.68. The molecule has 1 aliphatic rings. The van der Waals surface area contributed by atoms with Crippen molar-refractivity contribution >= 4 is 38.9 Å². The van der Waals surface area contributed by atoms with E-state index < -0.39 is 0 Å². The first-order valence-corrected chi connectivity index (χ1v) is 9.03. The number of guanidine groups is 1. The highest BCUT2D eigenvalue weighted by molar-refractivity contribution is 6.12. The summed E-state index contributed by atoms with van der Waals surface area (Å²) in [5, 5.41) is 23.3. The van der Waals surface area contributed by atoms with Gasteiger partial charge < -0.3 is 10.8 Å². The van der Waals surface area contributed by atoms with E-state index in [1.54, 1.807) is 11.0 Å². The lowest BCUT2D eigenvalue weighted by Crippen LogP contribution is -2.33. The first-order chi connectivity index (χ1) is 13.1. The molecule has 0 bridgehead atoms. The minimum Gasteiger partial charge on any atom is -0.506 e. The number of anilines is 2. The summed E-state index contributed by atoms with van der Waals surface area (Å²) in [7, 11) is 0. The van der Waals surface area contributed by atoms with Crippen LogP contribution in [-0.4, -0.2) is 11.1 Å². The maximum atomic E-state index is 10.7. The number of fused-ring (bicyclic) bond motifs is 1. The van der Waals surface area contributed by atoms with Crippen molar-refractivity contribution in [3.05, 3.63) is 77.9 Å². The highest BCUT2D eigenvalue weighted by atomic mass is 16.3. The van der Waals surface area contributed by atoms with Gasteiger partial charge in [0.2, 0.25) is 0 Å². The predicted octanol–water partition coefficient (Wildman–Crippen LogP) is 4.83. The lowest BCUT2D eigenvalue weighted by molar-refractivity contribution is 0.477. The molecule has 0 fully saturated rings. The molecule has 0 aromatic heterocycles. The van der Waals surface area contributed by atoms with E-state index in [1.807, 2.05) is 36.4 Å². The van der Waals surface area contributed by atoms with E-state index in [-0.39, 0.29) is 11.7 Å². The Labute approximate surface area is 157 Å². The van der Waals surface area contributed by atoms with Crippen LogP contribution in [0.15, 0.2) is 66.7 Å². The van der Waals surface area contributed by atoms with Crippen LogP contribution in [0, 0.1) is 5.41 Å². The Bertz CT molecular complexity index is 1230. The van der Waals surface area contributed by atoms with E-state index in [4.69, 9.17) is 11.1 Å². The van der Waals surface area contributed by atoms with E-state index >= 15 is 0 Å². The summed E-state index contributed by atoms with van der Waals surface area (Å²) in [6.45, 7) is 0. The van der Waals surface area contributed by atoms with E-state index in [0.29, 0.717) is 5.69 Å². The number of nitrogens with one attached hydrogen (secondary N) is 1. The quantitative estimate of drug-likeness (QED) is 0.357. The number of aromatic hydroxyl groups is 1. The Morgan fingerprint density at radius 3 is 2.52 bits per heavy atom. The molecule has 0 spiro atoms. The third-order valence-corrected chi connectivity index (χ3v) is 5.44. The van der Waals surface area contributed by atoms with Gasteiger partial charge in [-0.3, -0.25) is 10.3 Å². The number of rotatable bonds is 2. The third-order valence-electron chi connectivity index (χ3n) is 5.44. The molecule has 4 nitrogen and oxygen atoms in total. The molecule has 4 N–H and O–H groups in total. The molecule has 0 unspecified atom stereocenters. The number of nitrogens with zero attached hydrogens (tertiary/aromatic N) is 1. The highest BCUT2D eigenvalue weighted by Crippen LogP contribution is 2.44. The van der Waals surface area contributed by atoms with Crippen LogP contribution in [0.5, 0.6) is 5.75 Å². The fourth-order valence-corrected chi connectivity index (χ4v) is 4.30. The van der Waals surface area contributed by atoms with Gasteiger partial charge in [-0.15, -0.1) is 0 Å². The Morgan fingerprint density at radius 2 is 1.67 bits per heavy atom. The van der Waals surface area contributed by atoms with Crippen molar-refractivity contribution in [3.63, 3.8) is 0 Å². The maximum Gasteiger partial charge on any atom is 0.197 e. The molecule has 4 heteroatoms. The zero-order valence-corrected chi connectivity index (χ0v) is 14.7. The fraction of sp³-hybridized carbons (Fsp3) is 0.0870. The Morgan fingerprint density at radius 1 is 0.889 bits per heavy atom. The summed E-state index contributed by atoms with van der Waals surface area (Å²) in [6.07, 6.45) is 1.89. The van der Waals surface area contributed by atoms with Crippen LogP contribution in [0.3, 0.4) is 0 Å². The highest BCUT2D eigenvalue weighted by Gasteiger charge is 2.25. The van der Waals surface area contributed by atoms with E-state index in [0.717, 1.165) is 29.3 Å². The Balaban J connectivity index is 1.83. The van der Waals surface area contributed by atoms with Gasteiger partial charge in [0.25, 0.3) is 0 Å². The van der Waals surface area contributed by atoms with Crippen molar-refractivity contribution in [1.29, 1.82) is 5.41 Å². The number of aryl methyl sites for hydroxylation is 2. The molecule has 0 saturated carbocycles. The van der Waals surface area contributed by atoms with Gasteiger partial charge in [0.1, 0.15) is 5.75 Å². The molecule has 27 heavy (non-hydrogen) atoms. The molecule has 0 heterocycles. The number of benzene rings is 4. The molecule has 0 aliphatic heterocycles. The van der Waals surface area contributed by atoms with Gasteiger partial charge in [-0.05, 0) is 52.3 Å². The van der Waals surface area contributed by atoms with Gasteiger partial charge in [0, 0.05) is 5.39 Å². The van der Waals surface area contributed by atoms with Crippen LogP contribution in [0.1, 0.15) is 11.1 Å². The smallest absolute Gasteiger partial charge is 0.197 e. The standard InChI is InChI=1S/C23H19N3O/c24-23(25)26(22-17-7-2-1-4-14(17)10-13-20(22)27)19-12-9-16-6-3-5-15-8-11-18(19)21(15)16/h1-7,9-10,12-13,27H,8,11H2,(H3,24,25). The Hall–Kier alpha value is -3.53. The van der Waals surface area contributed by atoms with Crippen molar-refractivity contribution in [3.8, 4) is 5.75 Å². The first kappa shape index (κ1) is 15.7. The Kier molecular flexibility index (Phi) is 3.34. The molecule has 0 radical (unpaired) electrons. The van der Waals surface area contributed by atoms with Crippen LogP contribution in [-0.2, 0) is 12.8 Å². The molecular weight excluding hydrogens is 334 g/mol. The van der Waals surface area contributed by atoms with E-state index in [9.17, 15) is 5.11 Å². The lowest BCUT2D eigenvalue weighted by atomic mass is 10.0. The van der Waals surface area contributed by atoms with Gasteiger partial charge in [0.15, 0.2) is 5.96 Å². The van der Waals surface area contributed by atoms with Crippen LogP contribution >= 0.6 is 0 Å². The van der Waals surface area contributed by atoms with Gasteiger partial charge in [-0.25, -0.2) is 0 Å². The minimum absolute atomic E-state index is 0.110. The largest absolute Gasteiger partial charge is 0.506 e. The van der Waals surface area contributed by atoms with Crippen molar-refractivity contribution in [2.75, 3.05) is 4.90 Å². The summed E-state index contributed by atoms with van der Waals surface area (Å²) >= 11 is 0. The monoisotopic (exact) mass is 353 g/mol. The average molecular weight is 353 g/mol. The van der Waals surface area contributed by atoms with Gasteiger partial charge >= 0.3 is 0 Å². The first-order valence-electron chi connectivity index (χ1n) is 9.03. The molecule has 4 aromatic carbocycles. The molecule has 132 valence electrons. The summed E-state index contributed by atoms with van der Waals surface area (Å²) < 4.78 is 0. The zero-order valence-electron chi connectivity index (χ0n) is 14.7. The van der Waals surface area contributed by atoms with Crippen molar-refractivity contribution in [2.24, 2.45) is 5.73 Å². The molecule has 5 rings (SSSR count). The van der Waals surface area contributed by atoms with Gasteiger partial charge in [0.05, 0.1) is 11.4 Å². The van der Waals surface area contributed by atoms with E-state index in [1.165, 1.54) is 21.9 Å². The second kappa shape index (κ2) is 5.74. The summed E-state index contributed by atoms with van der Waals surface area (Å²) in [6, 6.07) is 21.8. The third kappa shape index (κ3) is 2.27. The zero-order chi connectivity index (χ0) is 18.5.